The Labute approximate surface area is 262 Å². The van der Waals surface area contributed by atoms with E-state index in [2.05, 4.69) is 15.4 Å². The van der Waals surface area contributed by atoms with Gasteiger partial charge in [0.2, 0.25) is 0 Å². The lowest BCUT2D eigenvalue weighted by Crippen LogP contribution is -2.49. The highest BCUT2D eigenvalue weighted by Gasteiger charge is 2.48. The lowest BCUT2D eigenvalue weighted by atomic mass is 9.86. The zero-order valence-electron chi connectivity index (χ0n) is 25.0. The van der Waals surface area contributed by atoms with Crippen LogP contribution in [-0.4, -0.2) is 45.0 Å². The maximum absolute atomic E-state index is 14.0. The summed E-state index contributed by atoms with van der Waals surface area (Å²) in [6.07, 6.45) is -15.2. The van der Waals surface area contributed by atoms with Crippen LogP contribution in [0.5, 0.6) is 0 Å². The van der Waals surface area contributed by atoms with E-state index in [1.54, 1.807) is 13.8 Å². The van der Waals surface area contributed by atoms with Crippen LogP contribution in [0.1, 0.15) is 67.0 Å². The van der Waals surface area contributed by atoms with Crippen molar-refractivity contribution in [2.45, 2.75) is 82.9 Å². The molecule has 1 aromatic heterocycles. The molecule has 2 unspecified atom stereocenters. The molecular weight excluding hydrogens is 649 g/mol. The Balaban J connectivity index is 1.71. The van der Waals surface area contributed by atoms with Gasteiger partial charge < -0.3 is 15.4 Å². The fourth-order valence-corrected chi connectivity index (χ4v) is 5.72. The highest BCUT2D eigenvalue weighted by molar-refractivity contribution is 5.91. The van der Waals surface area contributed by atoms with Gasteiger partial charge in [0.15, 0.2) is 0 Å². The van der Waals surface area contributed by atoms with Crippen LogP contribution in [0.3, 0.4) is 0 Å². The SMILES string of the molecule is CC(C)OC(=O)N1c2ccc(C(F)(F)F)cc2C(N(Cc2cc(C(F)(F)F)cc(C(F)(F)F)c2)c2nnn(CCN)n2)CC1C1CC1. The van der Waals surface area contributed by atoms with Crippen molar-refractivity contribution in [3.05, 3.63) is 64.2 Å². The Hall–Kier alpha value is -4.09. The fourth-order valence-electron chi connectivity index (χ4n) is 5.72. The molecule has 2 aliphatic rings. The van der Waals surface area contributed by atoms with Crippen LogP contribution < -0.4 is 15.5 Å². The van der Waals surface area contributed by atoms with Crippen LogP contribution >= 0.6 is 0 Å². The van der Waals surface area contributed by atoms with Gasteiger partial charge in [0.05, 0.1) is 41.1 Å². The zero-order valence-corrected chi connectivity index (χ0v) is 25.0. The molecule has 1 saturated carbocycles. The summed E-state index contributed by atoms with van der Waals surface area (Å²) in [5, 5.41) is 12.0. The zero-order chi connectivity index (χ0) is 34.5. The summed E-state index contributed by atoms with van der Waals surface area (Å²) >= 11 is 0. The predicted octanol–water partition coefficient (Wildman–Crippen LogP) is 6.97. The van der Waals surface area contributed by atoms with E-state index in [1.165, 1.54) is 9.80 Å². The molecule has 47 heavy (non-hydrogen) atoms. The first-order chi connectivity index (χ1) is 21.9. The topological polar surface area (TPSA) is 102 Å². The van der Waals surface area contributed by atoms with Gasteiger partial charge >= 0.3 is 24.6 Å². The summed E-state index contributed by atoms with van der Waals surface area (Å²) in [6, 6.07) is 1.98. The highest BCUT2D eigenvalue weighted by Crippen LogP contribution is 2.50. The molecule has 256 valence electrons. The van der Waals surface area contributed by atoms with Crippen LogP contribution in [0.15, 0.2) is 36.4 Å². The first-order valence-electron chi connectivity index (χ1n) is 14.6. The van der Waals surface area contributed by atoms with Crippen molar-refractivity contribution >= 4 is 17.7 Å². The van der Waals surface area contributed by atoms with E-state index in [4.69, 9.17) is 10.5 Å². The van der Waals surface area contributed by atoms with E-state index in [1.807, 2.05) is 0 Å². The summed E-state index contributed by atoms with van der Waals surface area (Å²) in [5.74, 6) is -0.369. The van der Waals surface area contributed by atoms with Gasteiger partial charge in [-0.3, -0.25) is 4.90 Å². The normalized spacial score (nSPS) is 18.8. The van der Waals surface area contributed by atoms with Crippen molar-refractivity contribution in [1.82, 2.24) is 20.2 Å². The molecule has 2 heterocycles. The van der Waals surface area contributed by atoms with Gasteiger partial charge in [0.1, 0.15) is 0 Å². The third kappa shape index (κ3) is 7.57. The average Bonchev–Trinajstić information content (AvgIpc) is 3.71. The van der Waals surface area contributed by atoms with Gasteiger partial charge in [-0.1, -0.05) is 5.10 Å². The lowest BCUT2D eigenvalue weighted by Gasteiger charge is -2.44. The van der Waals surface area contributed by atoms with Crippen LogP contribution in [0.4, 0.5) is 55.9 Å². The number of halogens is 9. The Morgan fingerprint density at radius 1 is 0.957 bits per heavy atom. The first-order valence-corrected chi connectivity index (χ1v) is 14.6. The Morgan fingerprint density at radius 3 is 2.11 bits per heavy atom. The number of hydrogen-bond donors (Lipinski definition) is 1. The van der Waals surface area contributed by atoms with E-state index < -0.39 is 71.6 Å². The number of anilines is 2. The molecule has 2 N–H and O–H groups in total. The largest absolute Gasteiger partial charge is 0.446 e. The lowest BCUT2D eigenvalue weighted by molar-refractivity contribution is -0.143. The van der Waals surface area contributed by atoms with Crippen molar-refractivity contribution in [1.29, 1.82) is 0 Å². The Bertz CT molecular complexity index is 1570. The summed E-state index contributed by atoms with van der Waals surface area (Å²) in [4.78, 5) is 16.9. The molecule has 3 aromatic rings. The van der Waals surface area contributed by atoms with Gasteiger partial charge in [0.25, 0.3) is 5.95 Å². The second-order valence-corrected chi connectivity index (χ2v) is 11.7. The monoisotopic (exact) mass is 679 g/mol. The number of tetrazole rings is 1. The van der Waals surface area contributed by atoms with Crippen molar-refractivity contribution in [2.24, 2.45) is 11.7 Å². The highest BCUT2D eigenvalue weighted by atomic mass is 19.4. The molecule has 0 radical (unpaired) electrons. The van der Waals surface area contributed by atoms with E-state index in [0.717, 1.165) is 23.0 Å². The number of fused-ring (bicyclic) bond motifs is 1. The molecule has 1 aliphatic heterocycles. The molecule has 1 fully saturated rings. The minimum atomic E-state index is -5.14. The van der Waals surface area contributed by atoms with Crippen molar-refractivity contribution in [2.75, 3.05) is 16.3 Å². The number of hydrogen-bond acceptors (Lipinski definition) is 7. The molecule has 0 bridgehead atoms. The van der Waals surface area contributed by atoms with Crippen molar-refractivity contribution in [3.63, 3.8) is 0 Å². The standard InChI is InChI=1S/C29H30F9N7O2/c1-15(2)47-26(46)45-22-6-5-18(27(30,31)32)12-21(22)24(13-23(45)17-3-4-17)43(25-40-42-44(41-25)8-7-39)14-16-9-19(28(33,34)35)11-20(10-16)29(36,37)38/h5-6,9-12,15,17,23-24H,3-4,7-8,13-14,39H2,1-2H3. The van der Waals surface area contributed by atoms with Gasteiger partial charge in [-0.05, 0) is 91.8 Å². The van der Waals surface area contributed by atoms with E-state index in [9.17, 15) is 44.3 Å². The molecule has 9 nitrogen and oxygen atoms in total. The summed E-state index contributed by atoms with van der Waals surface area (Å²) in [7, 11) is 0. The van der Waals surface area contributed by atoms with Gasteiger partial charge in [-0.25, -0.2) is 4.79 Å². The fraction of sp³-hybridized carbons (Fsp3) is 0.517. The molecule has 0 saturated heterocycles. The van der Waals surface area contributed by atoms with Gasteiger partial charge in [-0.2, -0.15) is 44.3 Å². The van der Waals surface area contributed by atoms with Crippen LogP contribution in [0.2, 0.25) is 0 Å². The molecule has 18 heteroatoms. The van der Waals surface area contributed by atoms with Crippen molar-refractivity contribution in [3.8, 4) is 0 Å². The third-order valence-electron chi connectivity index (χ3n) is 7.87. The van der Waals surface area contributed by atoms with Gasteiger partial charge in [-0.15, -0.1) is 5.10 Å². The van der Waals surface area contributed by atoms with E-state index in [0.29, 0.717) is 25.0 Å². The quantitative estimate of drug-likeness (QED) is 0.257. The first kappa shape index (κ1) is 34.3. The summed E-state index contributed by atoms with van der Waals surface area (Å²) in [6.45, 7) is 2.62. The van der Waals surface area contributed by atoms with Crippen molar-refractivity contribution < 1.29 is 49.0 Å². The number of benzene rings is 2. The summed E-state index contributed by atoms with van der Waals surface area (Å²) in [5.41, 5.74) is 0.880. The van der Waals surface area contributed by atoms with Gasteiger partial charge in [0, 0.05) is 19.1 Å². The Kier molecular flexibility index (Phi) is 9.11. The molecular formula is C29H30F9N7O2. The smallest absolute Gasteiger partial charge is 0.416 e. The number of rotatable bonds is 8. The van der Waals surface area contributed by atoms with E-state index in [-0.39, 0.29) is 48.7 Å². The maximum atomic E-state index is 14.0. The number of carbonyl (C=O) groups excluding carboxylic acids is 1. The third-order valence-corrected chi connectivity index (χ3v) is 7.87. The number of carbonyl (C=O) groups is 1. The molecule has 1 aliphatic carbocycles. The summed E-state index contributed by atoms with van der Waals surface area (Å²) < 4.78 is 130. The van der Waals surface area contributed by atoms with Crippen LogP contribution in [-0.2, 0) is 36.4 Å². The predicted molar refractivity (Wildman–Crippen MR) is 149 cm³/mol. The molecule has 2 aromatic carbocycles. The van der Waals surface area contributed by atoms with Crippen LogP contribution in [0.25, 0.3) is 0 Å². The number of ether oxygens (including phenoxy) is 1. The van der Waals surface area contributed by atoms with Crippen LogP contribution in [0, 0.1) is 5.92 Å². The Morgan fingerprint density at radius 2 is 1.57 bits per heavy atom. The minimum absolute atomic E-state index is 0.0174. The molecule has 0 spiro atoms. The number of amides is 1. The molecule has 1 amide bonds. The molecule has 5 rings (SSSR count). The number of alkyl halides is 9. The molecule has 2 atom stereocenters. The number of aromatic nitrogens is 4. The second-order valence-electron chi connectivity index (χ2n) is 11.7. The maximum Gasteiger partial charge on any atom is 0.416 e. The van der Waals surface area contributed by atoms with E-state index >= 15 is 0 Å². The second kappa shape index (κ2) is 12.5. The minimum Gasteiger partial charge on any atom is -0.446 e. The number of nitrogens with zero attached hydrogens (tertiary/aromatic N) is 6. The average molecular weight is 680 g/mol. The number of nitrogens with two attached hydrogens (primary N) is 1.